The minimum atomic E-state index is 0.163. The first kappa shape index (κ1) is 12.3. The van der Waals surface area contributed by atoms with Crippen LogP contribution in [0.4, 0.5) is 0 Å². The van der Waals surface area contributed by atoms with Crippen LogP contribution in [0.15, 0.2) is 12.1 Å². The van der Waals surface area contributed by atoms with Crippen LogP contribution in [0.3, 0.4) is 0 Å². The number of nitrogens with one attached hydrogen (secondary N) is 1. The van der Waals surface area contributed by atoms with E-state index in [0.29, 0.717) is 0 Å². The highest BCUT2D eigenvalue weighted by Gasteiger charge is 2.26. The SMILES string of the molecule is CC(=O)N1CCCCC1c1ccc(=S)[nH]c1C. The summed E-state index contributed by atoms with van der Waals surface area (Å²) in [6.07, 6.45) is 3.34. The van der Waals surface area contributed by atoms with E-state index in [1.807, 2.05) is 17.9 Å². The molecule has 4 heteroatoms. The second kappa shape index (κ2) is 5.00. The van der Waals surface area contributed by atoms with Crippen molar-refractivity contribution in [1.29, 1.82) is 0 Å². The number of carbonyl (C=O) groups excluding carboxylic acids is 1. The van der Waals surface area contributed by atoms with Crippen molar-refractivity contribution in [2.24, 2.45) is 0 Å². The molecule has 1 atom stereocenters. The first-order valence-electron chi connectivity index (χ1n) is 6.06. The van der Waals surface area contributed by atoms with Crippen molar-refractivity contribution in [3.63, 3.8) is 0 Å². The zero-order valence-electron chi connectivity index (χ0n) is 10.3. The fourth-order valence-corrected chi connectivity index (χ4v) is 2.80. The standard InChI is InChI=1S/C13H18N2OS/c1-9-11(6-7-13(17)14-9)12-5-3-4-8-15(12)10(2)16/h6-7,12H,3-5,8H2,1-2H3,(H,14,17). The lowest BCUT2D eigenvalue weighted by Gasteiger charge is -2.36. The molecule has 1 aliphatic rings. The number of hydrogen-bond donors (Lipinski definition) is 1. The Bertz CT molecular complexity index is 481. The van der Waals surface area contributed by atoms with Gasteiger partial charge >= 0.3 is 0 Å². The number of nitrogens with zero attached hydrogens (tertiary/aromatic N) is 1. The molecule has 0 spiro atoms. The van der Waals surface area contributed by atoms with Crippen LogP contribution in [0.1, 0.15) is 43.5 Å². The first-order chi connectivity index (χ1) is 8.09. The third-order valence-electron chi connectivity index (χ3n) is 3.42. The van der Waals surface area contributed by atoms with Crippen molar-refractivity contribution in [3.8, 4) is 0 Å². The van der Waals surface area contributed by atoms with Crippen LogP contribution >= 0.6 is 12.2 Å². The average Bonchev–Trinajstić information content (AvgIpc) is 2.29. The molecule has 0 aliphatic carbocycles. The second-order valence-corrected chi connectivity index (χ2v) is 5.07. The largest absolute Gasteiger partial charge is 0.350 e. The van der Waals surface area contributed by atoms with Crippen molar-refractivity contribution in [3.05, 3.63) is 28.0 Å². The average molecular weight is 250 g/mol. The Morgan fingerprint density at radius 1 is 1.47 bits per heavy atom. The summed E-state index contributed by atoms with van der Waals surface area (Å²) in [5, 5.41) is 0. The van der Waals surface area contributed by atoms with Crippen molar-refractivity contribution >= 4 is 18.1 Å². The molecule has 0 radical (unpaired) electrons. The van der Waals surface area contributed by atoms with Crippen LogP contribution in [0.25, 0.3) is 0 Å². The number of hydrogen-bond acceptors (Lipinski definition) is 2. The molecule has 3 nitrogen and oxygen atoms in total. The maximum Gasteiger partial charge on any atom is 0.219 e. The molecule has 2 rings (SSSR count). The Kier molecular flexibility index (Phi) is 3.62. The molecule has 1 aromatic heterocycles. The van der Waals surface area contributed by atoms with E-state index in [0.717, 1.165) is 29.7 Å². The molecule has 1 amide bonds. The van der Waals surface area contributed by atoms with Crippen LogP contribution in [0, 0.1) is 11.6 Å². The number of aromatic amines is 1. The lowest BCUT2D eigenvalue weighted by molar-refractivity contribution is -0.132. The molecule has 1 fully saturated rings. The highest BCUT2D eigenvalue weighted by atomic mass is 32.1. The molecule has 1 saturated heterocycles. The summed E-state index contributed by atoms with van der Waals surface area (Å²) < 4.78 is 0.747. The Morgan fingerprint density at radius 3 is 2.88 bits per heavy atom. The molecular weight excluding hydrogens is 232 g/mol. The van der Waals surface area contributed by atoms with E-state index in [-0.39, 0.29) is 11.9 Å². The predicted octanol–water partition coefficient (Wildman–Crippen LogP) is 3.13. The maximum atomic E-state index is 11.7. The number of likely N-dealkylation sites (tertiary alicyclic amines) is 1. The van der Waals surface area contributed by atoms with Gasteiger partial charge < -0.3 is 9.88 Å². The van der Waals surface area contributed by atoms with E-state index in [2.05, 4.69) is 11.1 Å². The van der Waals surface area contributed by atoms with E-state index in [9.17, 15) is 4.79 Å². The predicted molar refractivity (Wildman–Crippen MR) is 70.3 cm³/mol. The van der Waals surface area contributed by atoms with Gasteiger partial charge in [0.25, 0.3) is 0 Å². The number of aromatic nitrogens is 1. The molecular formula is C13H18N2OS. The van der Waals surface area contributed by atoms with E-state index in [4.69, 9.17) is 12.2 Å². The number of piperidine rings is 1. The molecule has 1 aliphatic heterocycles. The zero-order chi connectivity index (χ0) is 12.4. The number of rotatable bonds is 1. The van der Waals surface area contributed by atoms with E-state index in [1.54, 1.807) is 6.92 Å². The van der Waals surface area contributed by atoms with Crippen LogP contribution < -0.4 is 0 Å². The van der Waals surface area contributed by atoms with Crippen LogP contribution in [-0.2, 0) is 4.79 Å². The Balaban J connectivity index is 2.36. The number of carbonyl (C=O) groups is 1. The van der Waals surface area contributed by atoms with Crippen molar-refractivity contribution < 1.29 is 4.79 Å². The van der Waals surface area contributed by atoms with Crippen LogP contribution in [0.2, 0.25) is 0 Å². The minimum absolute atomic E-state index is 0.163. The van der Waals surface area contributed by atoms with Gasteiger partial charge in [0, 0.05) is 19.2 Å². The molecule has 0 saturated carbocycles. The summed E-state index contributed by atoms with van der Waals surface area (Å²) >= 11 is 5.11. The monoisotopic (exact) mass is 250 g/mol. The molecule has 2 heterocycles. The van der Waals surface area contributed by atoms with Gasteiger partial charge in [-0.05, 0) is 37.8 Å². The number of aryl methyl sites for hydroxylation is 1. The van der Waals surface area contributed by atoms with Gasteiger partial charge in [0.05, 0.1) is 6.04 Å². The van der Waals surface area contributed by atoms with Gasteiger partial charge in [-0.2, -0.15) is 0 Å². The fourth-order valence-electron chi connectivity index (χ4n) is 2.58. The van der Waals surface area contributed by atoms with Gasteiger partial charge in [0.15, 0.2) is 0 Å². The zero-order valence-corrected chi connectivity index (χ0v) is 11.1. The Labute approximate surface area is 107 Å². The van der Waals surface area contributed by atoms with Crippen LogP contribution in [0.5, 0.6) is 0 Å². The van der Waals surface area contributed by atoms with E-state index < -0.39 is 0 Å². The summed E-state index contributed by atoms with van der Waals surface area (Å²) in [6.45, 7) is 4.55. The van der Waals surface area contributed by atoms with Gasteiger partial charge in [-0.25, -0.2) is 0 Å². The summed E-state index contributed by atoms with van der Waals surface area (Å²) in [4.78, 5) is 16.8. The second-order valence-electron chi connectivity index (χ2n) is 4.63. The minimum Gasteiger partial charge on any atom is -0.350 e. The third-order valence-corrected chi connectivity index (χ3v) is 3.66. The molecule has 0 bridgehead atoms. The molecule has 17 heavy (non-hydrogen) atoms. The van der Waals surface area contributed by atoms with Gasteiger partial charge in [0.1, 0.15) is 4.64 Å². The van der Waals surface area contributed by atoms with Gasteiger partial charge in [-0.1, -0.05) is 18.3 Å². The molecule has 92 valence electrons. The van der Waals surface area contributed by atoms with Gasteiger partial charge in [-0.3, -0.25) is 4.79 Å². The third kappa shape index (κ3) is 2.57. The summed E-state index contributed by atoms with van der Waals surface area (Å²) in [5.41, 5.74) is 2.28. The van der Waals surface area contributed by atoms with Gasteiger partial charge in [0.2, 0.25) is 5.91 Å². The van der Waals surface area contributed by atoms with Gasteiger partial charge in [-0.15, -0.1) is 0 Å². The number of amides is 1. The van der Waals surface area contributed by atoms with E-state index in [1.165, 1.54) is 12.0 Å². The topological polar surface area (TPSA) is 36.1 Å². The van der Waals surface area contributed by atoms with Crippen molar-refractivity contribution in [1.82, 2.24) is 9.88 Å². The smallest absolute Gasteiger partial charge is 0.219 e. The summed E-state index contributed by atoms with van der Waals surface area (Å²) in [5.74, 6) is 0.163. The Hall–Kier alpha value is -1.16. The van der Waals surface area contributed by atoms with E-state index >= 15 is 0 Å². The lowest BCUT2D eigenvalue weighted by Crippen LogP contribution is -2.37. The summed E-state index contributed by atoms with van der Waals surface area (Å²) in [7, 11) is 0. The van der Waals surface area contributed by atoms with Crippen molar-refractivity contribution in [2.45, 2.75) is 39.2 Å². The lowest BCUT2D eigenvalue weighted by atomic mass is 9.94. The fraction of sp³-hybridized carbons (Fsp3) is 0.538. The quantitative estimate of drug-likeness (QED) is 0.777. The van der Waals surface area contributed by atoms with Crippen LogP contribution in [-0.4, -0.2) is 22.3 Å². The maximum absolute atomic E-state index is 11.7. The number of H-pyrrole nitrogens is 1. The van der Waals surface area contributed by atoms with Crippen molar-refractivity contribution in [2.75, 3.05) is 6.54 Å². The molecule has 1 N–H and O–H groups in total. The first-order valence-corrected chi connectivity index (χ1v) is 6.47. The normalized spacial score (nSPS) is 20.4. The molecule has 0 aromatic carbocycles. The number of pyridine rings is 1. The molecule has 1 unspecified atom stereocenters. The highest BCUT2D eigenvalue weighted by Crippen LogP contribution is 2.31. The summed E-state index contributed by atoms with van der Waals surface area (Å²) in [6, 6.07) is 4.18. The highest BCUT2D eigenvalue weighted by molar-refractivity contribution is 7.71. The Morgan fingerprint density at radius 2 is 2.24 bits per heavy atom. The molecule has 1 aromatic rings.